The molecule has 11 rings (SSSR count). The van der Waals surface area contributed by atoms with Crippen LogP contribution in [0.25, 0.3) is 33.4 Å². The minimum absolute atomic E-state index is 0.0359. The lowest BCUT2D eigenvalue weighted by molar-refractivity contribution is -0.0399. The molecule has 4 saturated carbocycles. The number of hydrogen-bond donors (Lipinski definition) is 0. The maximum atomic E-state index is 9.64. The average molecular weight is 631 g/mol. The van der Waals surface area contributed by atoms with Crippen molar-refractivity contribution in [2.75, 3.05) is 4.90 Å². The number of nitriles is 1. The fourth-order valence-electron chi connectivity index (χ4n) is 10.8. The summed E-state index contributed by atoms with van der Waals surface area (Å²) >= 11 is 0. The van der Waals surface area contributed by atoms with E-state index in [-0.39, 0.29) is 5.41 Å². The normalized spacial score (nSPS) is 24.0. The van der Waals surface area contributed by atoms with Gasteiger partial charge in [0.2, 0.25) is 0 Å². The number of benzene rings is 6. The highest BCUT2D eigenvalue weighted by molar-refractivity contribution is 5.97. The van der Waals surface area contributed by atoms with E-state index in [4.69, 9.17) is 0 Å². The van der Waals surface area contributed by atoms with Crippen LogP contribution >= 0.6 is 0 Å². The molecule has 0 aromatic heterocycles. The standard InChI is InChI=1S/C47H38N2/c48-30-31-18-20-40(21-19-31)49(39-14-5-2-6-15-39)41-28-43(36-13-9-12-35(27-36)34-10-3-1-4-11-34)46-42-16-7-8-17-44(42)47(45(46)29-41)37-23-32-22-33(25-37)26-38(47)24-32/h1-21,27-29,32-33,37-38H,22-26H2. The van der Waals surface area contributed by atoms with Crippen molar-refractivity contribution < 1.29 is 0 Å². The molecule has 1 spiro atoms. The van der Waals surface area contributed by atoms with Crippen LogP contribution in [0.1, 0.15) is 48.8 Å². The van der Waals surface area contributed by atoms with Crippen LogP contribution in [-0.2, 0) is 5.41 Å². The van der Waals surface area contributed by atoms with Gasteiger partial charge in [-0.3, -0.25) is 0 Å². The monoisotopic (exact) mass is 630 g/mol. The smallest absolute Gasteiger partial charge is 0.0991 e. The molecule has 6 aromatic rings. The maximum absolute atomic E-state index is 9.64. The van der Waals surface area contributed by atoms with Gasteiger partial charge in [-0.25, -0.2) is 0 Å². The molecular weight excluding hydrogens is 593 g/mol. The quantitative estimate of drug-likeness (QED) is 0.189. The molecule has 0 heterocycles. The van der Waals surface area contributed by atoms with Gasteiger partial charge in [0.1, 0.15) is 0 Å². The van der Waals surface area contributed by atoms with Gasteiger partial charge in [0.25, 0.3) is 0 Å². The summed E-state index contributed by atoms with van der Waals surface area (Å²) in [6, 6.07) is 55.5. The molecule has 0 unspecified atom stereocenters. The Bertz CT molecular complexity index is 2210. The summed E-state index contributed by atoms with van der Waals surface area (Å²) in [5.41, 5.74) is 15.1. The molecule has 0 atom stereocenters. The molecule has 5 aliphatic carbocycles. The van der Waals surface area contributed by atoms with Gasteiger partial charge in [0, 0.05) is 22.5 Å². The van der Waals surface area contributed by atoms with Crippen LogP contribution in [0.5, 0.6) is 0 Å². The van der Waals surface area contributed by atoms with E-state index in [1.54, 1.807) is 5.56 Å². The molecular formula is C47H38N2. The third-order valence-corrected chi connectivity index (χ3v) is 12.4. The van der Waals surface area contributed by atoms with Gasteiger partial charge in [-0.15, -0.1) is 0 Å². The first-order chi connectivity index (χ1) is 24.2. The average Bonchev–Trinajstić information content (AvgIpc) is 3.45. The van der Waals surface area contributed by atoms with Gasteiger partial charge in [-0.1, -0.05) is 91.0 Å². The molecule has 49 heavy (non-hydrogen) atoms. The topological polar surface area (TPSA) is 27.0 Å². The van der Waals surface area contributed by atoms with E-state index in [9.17, 15) is 5.26 Å². The van der Waals surface area contributed by atoms with E-state index in [1.165, 1.54) is 76.7 Å². The highest BCUT2D eigenvalue weighted by Gasteiger charge is 2.62. The van der Waals surface area contributed by atoms with Gasteiger partial charge in [0.05, 0.1) is 11.6 Å². The summed E-state index contributed by atoms with van der Waals surface area (Å²) in [5, 5.41) is 9.64. The molecule has 2 heteroatoms. The van der Waals surface area contributed by atoms with E-state index < -0.39 is 0 Å². The van der Waals surface area contributed by atoms with Crippen molar-refractivity contribution in [2.45, 2.75) is 37.5 Å². The third-order valence-electron chi connectivity index (χ3n) is 12.4. The second-order valence-electron chi connectivity index (χ2n) is 14.9. The van der Waals surface area contributed by atoms with Crippen molar-refractivity contribution in [1.29, 1.82) is 5.26 Å². The highest BCUT2D eigenvalue weighted by Crippen LogP contribution is 2.70. The zero-order valence-corrected chi connectivity index (χ0v) is 27.6. The number of rotatable bonds is 5. The number of hydrogen-bond acceptors (Lipinski definition) is 2. The summed E-state index contributed by atoms with van der Waals surface area (Å²) in [5.74, 6) is 3.11. The largest absolute Gasteiger partial charge is 0.310 e. The first-order valence-electron chi connectivity index (χ1n) is 18.0. The lowest BCUT2D eigenvalue weighted by Crippen LogP contribution is -2.55. The van der Waals surface area contributed by atoms with Crippen molar-refractivity contribution in [2.24, 2.45) is 23.7 Å². The number of para-hydroxylation sites is 1. The van der Waals surface area contributed by atoms with Crippen molar-refractivity contribution in [3.63, 3.8) is 0 Å². The van der Waals surface area contributed by atoms with E-state index in [0.717, 1.165) is 23.2 Å². The summed E-state index contributed by atoms with van der Waals surface area (Å²) < 4.78 is 0. The number of anilines is 3. The molecule has 0 N–H and O–H groups in total. The summed E-state index contributed by atoms with van der Waals surface area (Å²) in [6.45, 7) is 0. The Hall–Kier alpha value is -5.39. The predicted molar refractivity (Wildman–Crippen MR) is 200 cm³/mol. The van der Waals surface area contributed by atoms with Crippen LogP contribution in [0.4, 0.5) is 17.1 Å². The Balaban J connectivity index is 1.27. The van der Waals surface area contributed by atoms with Crippen LogP contribution in [0.15, 0.2) is 146 Å². The van der Waals surface area contributed by atoms with Crippen molar-refractivity contribution in [3.8, 4) is 39.4 Å². The van der Waals surface area contributed by atoms with Gasteiger partial charge >= 0.3 is 0 Å². The Morgan fingerprint density at radius 1 is 0.490 bits per heavy atom. The summed E-state index contributed by atoms with van der Waals surface area (Å²) in [4.78, 5) is 2.40. The van der Waals surface area contributed by atoms with Crippen LogP contribution in [0.3, 0.4) is 0 Å². The zero-order valence-electron chi connectivity index (χ0n) is 27.6. The Morgan fingerprint density at radius 3 is 1.82 bits per heavy atom. The van der Waals surface area contributed by atoms with Gasteiger partial charge < -0.3 is 4.90 Å². The van der Waals surface area contributed by atoms with Crippen LogP contribution in [-0.4, -0.2) is 0 Å². The Labute approximate surface area is 289 Å². The molecule has 0 saturated heterocycles. The minimum atomic E-state index is 0.0359. The van der Waals surface area contributed by atoms with Gasteiger partial charge in [0.15, 0.2) is 0 Å². The van der Waals surface area contributed by atoms with Crippen LogP contribution in [0, 0.1) is 35.0 Å². The highest BCUT2D eigenvalue weighted by atomic mass is 15.1. The van der Waals surface area contributed by atoms with Crippen LogP contribution < -0.4 is 4.90 Å². The predicted octanol–water partition coefficient (Wildman–Crippen LogP) is 12.1. The molecule has 6 aromatic carbocycles. The molecule has 236 valence electrons. The fraction of sp³-hybridized carbons (Fsp3) is 0.213. The van der Waals surface area contributed by atoms with E-state index in [1.807, 2.05) is 12.1 Å². The Morgan fingerprint density at radius 2 is 1.10 bits per heavy atom. The van der Waals surface area contributed by atoms with Crippen molar-refractivity contribution in [1.82, 2.24) is 0 Å². The van der Waals surface area contributed by atoms with Crippen LogP contribution in [0.2, 0.25) is 0 Å². The second kappa shape index (κ2) is 11.1. The summed E-state index contributed by atoms with van der Waals surface area (Å²) in [6.07, 6.45) is 6.84. The van der Waals surface area contributed by atoms with E-state index in [2.05, 4.69) is 144 Å². The van der Waals surface area contributed by atoms with Crippen molar-refractivity contribution in [3.05, 3.63) is 162 Å². The lowest BCUT2D eigenvalue weighted by Gasteiger charge is -2.61. The first kappa shape index (κ1) is 28.6. The fourth-order valence-corrected chi connectivity index (χ4v) is 10.8. The molecule has 2 nitrogen and oxygen atoms in total. The first-order valence-corrected chi connectivity index (χ1v) is 18.0. The number of nitrogens with zero attached hydrogens (tertiary/aromatic N) is 2. The van der Waals surface area contributed by atoms with Gasteiger partial charge in [-0.05, 0) is 155 Å². The molecule has 0 aliphatic heterocycles. The lowest BCUT2D eigenvalue weighted by atomic mass is 9.43. The van der Waals surface area contributed by atoms with E-state index in [0.29, 0.717) is 17.4 Å². The minimum Gasteiger partial charge on any atom is -0.310 e. The molecule has 0 radical (unpaired) electrons. The maximum Gasteiger partial charge on any atom is 0.0991 e. The number of fused-ring (bicyclic) bond motifs is 3. The summed E-state index contributed by atoms with van der Waals surface area (Å²) in [7, 11) is 0. The third kappa shape index (κ3) is 4.32. The second-order valence-corrected chi connectivity index (χ2v) is 14.9. The van der Waals surface area contributed by atoms with E-state index >= 15 is 0 Å². The van der Waals surface area contributed by atoms with Crippen molar-refractivity contribution >= 4 is 17.1 Å². The Kier molecular flexibility index (Phi) is 6.47. The molecule has 4 fully saturated rings. The SMILES string of the molecule is N#Cc1ccc(N(c2ccccc2)c2cc(-c3cccc(-c4ccccc4)c3)c3c(c2)C2(c4ccccc4-3)C3CC4CC(C3)CC2C4)cc1. The zero-order chi connectivity index (χ0) is 32.5. The molecule has 5 aliphatic rings. The van der Waals surface area contributed by atoms with Gasteiger partial charge in [-0.2, -0.15) is 5.26 Å². The molecule has 0 amide bonds. The molecule has 4 bridgehead atoms.